The number of carbonyl (C=O) groups is 2. The highest BCUT2D eigenvalue weighted by Gasteiger charge is 2.42. The molecule has 0 aromatic heterocycles. The van der Waals surface area contributed by atoms with Crippen molar-refractivity contribution in [2.75, 3.05) is 18.1 Å². The molecule has 3 rings (SSSR count). The molecule has 1 unspecified atom stereocenters. The topological polar surface area (TPSA) is 84.8 Å². The zero-order valence-corrected chi connectivity index (χ0v) is 19.8. The minimum atomic E-state index is -2.57. The molecular formula is C24H36N2O4S. The Bertz CT molecular complexity index is 874. The summed E-state index contributed by atoms with van der Waals surface area (Å²) in [7, 11) is -2.57. The average Bonchev–Trinajstić information content (AvgIpc) is 2.77. The SMILES string of the molecule is CCC(CC)C(=O)NC1CCOC2(CCS(=O)(=NC(=O)[C@@H](C)c3ccccc3)CC2)C1. The molecule has 2 heterocycles. The Labute approximate surface area is 186 Å². The highest BCUT2D eigenvalue weighted by Crippen LogP contribution is 2.37. The molecule has 2 fully saturated rings. The highest BCUT2D eigenvalue weighted by atomic mass is 32.2. The van der Waals surface area contributed by atoms with Gasteiger partial charge in [-0.1, -0.05) is 44.2 Å². The first kappa shape index (κ1) is 23.9. The number of hydrogen-bond donors (Lipinski definition) is 1. The van der Waals surface area contributed by atoms with Crippen LogP contribution in [-0.4, -0.2) is 45.8 Å². The van der Waals surface area contributed by atoms with Crippen LogP contribution >= 0.6 is 0 Å². The van der Waals surface area contributed by atoms with Crippen LogP contribution in [0.3, 0.4) is 0 Å². The first-order chi connectivity index (χ1) is 14.8. The van der Waals surface area contributed by atoms with Gasteiger partial charge in [0.25, 0.3) is 5.91 Å². The quantitative estimate of drug-likeness (QED) is 0.711. The summed E-state index contributed by atoms with van der Waals surface area (Å²) in [5.41, 5.74) is 0.521. The summed E-state index contributed by atoms with van der Waals surface area (Å²) in [6.45, 7) is 6.49. The fourth-order valence-electron chi connectivity index (χ4n) is 4.61. The van der Waals surface area contributed by atoms with Crippen LogP contribution in [0, 0.1) is 5.92 Å². The van der Waals surface area contributed by atoms with Crippen molar-refractivity contribution in [1.29, 1.82) is 0 Å². The molecule has 1 spiro atoms. The van der Waals surface area contributed by atoms with Crippen molar-refractivity contribution in [2.24, 2.45) is 10.3 Å². The molecule has 1 aromatic rings. The third-order valence-corrected chi connectivity index (χ3v) is 9.07. The van der Waals surface area contributed by atoms with Crippen LogP contribution in [0.1, 0.15) is 70.8 Å². The molecule has 172 valence electrons. The lowest BCUT2D eigenvalue weighted by atomic mass is 9.85. The smallest absolute Gasteiger partial charge is 0.261 e. The van der Waals surface area contributed by atoms with Crippen LogP contribution < -0.4 is 5.32 Å². The number of nitrogens with one attached hydrogen (secondary N) is 1. The van der Waals surface area contributed by atoms with E-state index >= 15 is 0 Å². The fourth-order valence-corrected chi connectivity index (χ4v) is 6.87. The van der Waals surface area contributed by atoms with E-state index in [0.29, 0.717) is 31.0 Å². The van der Waals surface area contributed by atoms with Gasteiger partial charge in [-0.25, -0.2) is 4.21 Å². The Kier molecular flexibility index (Phi) is 7.92. The van der Waals surface area contributed by atoms with Crippen molar-refractivity contribution in [3.63, 3.8) is 0 Å². The van der Waals surface area contributed by atoms with Gasteiger partial charge in [-0.3, -0.25) is 9.59 Å². The molecule has 0 radical (unpaired) electrons. The van der Waals surface area contributed by atoms with Gasteiger partial charge in [-0.15, -0.1) is 0 Å². The Morgan fingerprint density at radius 2 is 1.84 bits per heavy atom. The van der Waals surface area contributed by atoms with Gasteiger partial charge in [0.2, 0.25) is 5.91 Å². The Hall–Kier alpha value is -1.73. The molecule has 6 nitrogen and oxygen atoms in total. The zero-order valence-electron chi connectivity index (χ0n) is 19.0. The molecule has 1 aromatic carbocycles. The zero-order chi connectivity index (χ0) is 22.5. The van der Waals surface area contributed by atoms with E-state index in [1.807, 2.05) is 51.1 Å². The van der Waals surface area contributed by atoms with E-state index in [0.717, 1.165) is 31.2 Å². The van der Waals surface area contributed by atoms with Crippen LogP contribution in [-0.2, 0) is 24.1 Å². The molecule has 0 aliphatic carbocycles. The second-order valence-corrected chi connectivity index (χ2v) is 11.5. The van der Waals surface area contributed by atoms with E-state index in [1.54, 1.807) is 0 Å². The van der Waals surface area contributed by atoms with Crippen molar-refractivity contribution in [1.82, 2.24) is 5.32 Å². The van der Waals surface area contributed by atoms with Crippen molar-refractivity contribution < 1.29 is 18.5 Å². The van der Waals surface area contributed by atoms with Crippen molar-refractivity contribution in [3.8, 4) is 0 Å². The third kappa shape index (κ3) is 5.95. The number of benzene rings is 1. The summed E-state index contributed by atoms with van der Waals surface area (Å²) in [6, 6.07) is 9.57. The first-order valence-electron chi connectivity index (χ1n) is 11.6. The van der Waals surface area contributed by atoms with E-state index < -0.39 is 15.6 Å². The summed E-state index contributed by atoms with van der Waals surface area (Å²) < 4.78 is 23.6. The van der Waals surface area contributed by atoms with Crippen LogP contribution in [0.5, 0.6) is 0 Å². The van der Waals surface area contributed by atoms with Gasteiger partial charge in [0.15, 0.2) is 0 Å². The third-order valence-electron chi connectivity index (χ3n) is 6.88. The number of rotatable bonds is 6. The maximum absolute atomic E-state index is 13.3. The Morgan fingerprint density at radius 1 is 1.19 bits per heavy atom. The second kappa shape index (κ2) is 10.3. The van der Waals surface area contributed by atoms with Crippen LogP contribution in [0.15, 0.2) is 34.7 Å². The lowest BCUT2D eigenvalue weighted by molar-refractivity contribution is -0.130. The second-order valence-electron chi connectivity index (χ2n) is 8.99. The van der Waals surface area contributed by atoms with E-state index in [2.05, 4.69) is 9.68 Å². The number of carbonyl (C=O) groups excluding carboxylic acids is 2. The summed E-state index contributed by atoms with van der Waals surface area (Å²) in [4.78, 5) is 25.2. The number of hydrogen-bond acceptors (Lipinski definition) is 4. The van der Waals surface area contributed by atoms with E-state index in [9.17, 15) is 13.8 Å². The Balaban J connectivity index is 1.62. The molecule has 1 N–H and O–H groups in total. The number of ether oxygens (including phenoxy) is 1. The maximum Gasteiger partial charge on any atom is 0.261 e. The van der Waals surface area contributed by atoms with Crippen molar-refractivity contribution in [2.45, 2.75) is 76.9 Å². The van der Waals surface area contributed by atoms with E-state index in [-0.39, 0.29) is 29.4 Å². The largest absolute Gasteiger partial charge is 0.375 e. The first-order valence-corrected chi connectivity index (χ1v) is 13.4. The summed E-state index contributed by atoms with van der Waals surface area (Å²) in [6.07, 6.45) is 4.45. The van der Waals surface area contributed by atoms with Gasteiger partial charge in [0, 0.05) is 30.1 Å². The standard InChI is InChI=1S/C24H36N2O4S/c1-4-19(5-2)23(28)25-21-11-14-30-24(17-21)12-15-31(29,16-13-24)26-22(27)18(3)20-9-7-6-8-10-20/h6-10,18-19,21H,4-5,11-17H2,1-3H3,(H,25,28)/t18-,21?,24?,31?/m0/s1. The van der Waals surface area contributed by atoms with E-state index in [1.165, 1.54) is 0 Å². The monoisotopic (exact) mass is 448 g/mol. The predicted octanol–water partition coefficient (Wildman–Crippen LogP) is 4.05. The Morgan fingerprint density at radius 3 is 2.45 bits per heavy atom. The minimum Gasteiger partial charge on any atom is -0.375 e. The number of nitrogens with zero attached hydrogens (tertiary/aromatic N) is 1. The molecule has 31 heavy (non-hydrogen) atoms. The normalized spacial score (nSPS) is 29.5. The molecule has 0 saturated carbocycles. The van der Waals surface area contributed by atoms with Gasteiger partial charge < -0.3 is 10.1 Å². The minimum absolute atomic E-state index is 0.0558. The molecule has 2 aliphatic heterocycles. The average molecular weight is 449 g/mol. The molecule has 2 aliphatic rings. The maximum atomic E-state index is 13.3. The van der Waals surface area contributed by atoms with Gasteiger partial charge in [0.1, 0.15) is 0 Å². The van der Waals surface area contributed by atoms with Gasteiger partial charge in [-0.2, -0.15) is 4.36 Å². The van der Waals surface area contributed by atoms with Crippen molar-refractivity contribution >= 4 is 21.5 Å². The fraction of sp³-hybridized carbons (Fsp3) is 0.667. The molecule has 2 saturated heterocycles. The van der Waals surface area contributed by atoms with Gasteiger partial charge in [-0.05, 0) is 51.0 Å². The van der Waals surface area contributed by atoms with Gasteiger partial charge in [0.05, 0.1) is 21.2 Å². The molecular weight excluding hydrogens is 412 g/mol. The predicted molar refractivity (Wildman–Crippen MR) is 123 cm³/mol. The lowest BCUT2D eigenvalue weighted by Gasteiger charge is -2.44. The highest BCUT2D eigenvalue weighted by molar-refractivity contribution is 7.93. The molecule has 2 atom stereocenters. The summed E-state index contributed by atoms with van der Waals surface area (Å²) >= 11 is 0. The lowest BCUT2D eigenvalue weighted by Crippen LogP contribution is -2.52. The van der Waals surface area contributed by atoms with Crippen LogP contribution in [0.25, 0.3) is 0 Å². The molecule has 7 heteroatoms. The summed E-state index contributed by atoms with van der Waals surface area (Å²) in [5, 5.41) is 3.21. The van der Waals surface area contributed by atoms with E-state index in [4.69, 9.17) is 4.74 Å². The van der Waals surface area contributed by atoms with Crippen LogP contribution in [0.2, 0.25) is 0 Å². The molecule has 0 bridgehead atoms. The number of amides is 2. The molecule has 2 amide bonds. The van der Waals surface area contributed by atoms with Crippen LogP contribution in [0.4, 0.5) is 0 Å². The van der Waals surface area contributed by atoms with Gasteiger partial charge >= 0.3 is 0 Å². The summed E-state index contributed by atoms with van der Waals surface area (Å²) in [5.74, 6) is 0.210. The van der Waals surface area contributed by atoms with Crippen molar-refractivity contribution in [3.05, 3.63) is 35.9 Å².